The number of carbonyl (C=O) groups excluding carboxylic acids is 2. The maximum atomic E-state index is 12.0. The zero-order valence-electron chi connectivity index (χ0n) is 10.6. The molecule has 0 bridgehead atoms. The van der Waals surface area contributed by atoms with Gasteiger partial charge in [-0.2, -0.15) is 0 Å². The molecule has 1 aromatic carbocycles. The van der Waals surface area contributed by atoms with Crippen LogP contribution in [0.3, 0.4) is 0 Å². The molecular formula is C13H16N2O4. The summed E-state index contributed by atoms with van der Waals surface area (Å²) in [7, 11) is 0. The lowest BCUT2D eigenvalue weighted by atomic mass is 10.0. The molecule has 1 aliphatic rings. The van der Waals surface area contributed by atoms with E-state index in [9.17, 15) is 9.59 Å². The molecule has 0 fully saturated rings. The molecule has 1 aromatic rings. The lowest BCUT2D eigenvalue weighted by molar-refractivity contribution is -0.115. The Kier molecular flexibility index (Phi) is 3.55. The van der Waals surface area contributed by atoms with Crippen LogP contribution < -0.4 is 10.6 Å². The standard InChI is InChI=1S/C13H16N2O4/c1-13(6-16,7-17)15-12(19)8-2-3-10-9(4-8)5-11(18)14-10/h2-4,16-17H,5-7H2,1H3,(H,14,18)(H,15,19). The molecule has 6 heteroatoms. The third-order valence-corrected chi connectivity index (χ3v) is 3.11. The van der Waals surface area contributed by atoms with Gasteiger partial charge in [0, 0.05) is 11.3 Å². The van der Waals surface area contributed by atoms with E-state index in [1.165, 1.54) is 0 Å². The van der Waals surface area contributed by atoms with Gasteiger partial charge in [0.05, 0.1) is 25.2 Å². The predicted molar refractivity (Wildman–Crippen MR) is 68.8 cm³/mol. The second-order valence-electron chi connectivity index (χ2n) is 4.93. The molecule has 0 radical (unpaired) electrons. The van der Waals surface area contributed by atoms with Crippen LogP contribution in [0.2, 0.25) is 0 Å². The molecule has 0 aliphatic carbocycles. The SMILES string of the molecule is CC(CO)(CO)NC(=O)c1ccc2c(c1)CC(=O)N2. The predicted octanol–water partition coefficient (Wildman–Crippen LogP) is -0.346. The number of aliphatic hydroxyl groups is 2. The molecular weight excluding hydrogens is 248 g/mol. The molecule has 6 nitrogen and oxygen atoms in total. The summed E-state index contributed by atoms with van der Waals surface area (Å²) in [4.78, 5) is 23.2. The topological polar surface area (TPSA) is 98.7 Å². The van der Waals surface area contributed by atoms with E-state index in [0.717, 1.165) is 5.56 Å². The van der Waals surface area contributed by atoms with Crippen molar-refractivity contribution in [3.8, 4) is 0 Å². The monoisotopic (exact) mass is 264 g/mol. The highest BCUT2D eigenvalue weighted by Crippen LogP contribution is 2.24. The Hall–Kier alpha value is -1.92. The zero-order valence-corrected chi connectivity index (χ0v) is 10.6. The van der Waals surface area contributed by atoms with Crippen molar-refractivity contribution >= 4 is 17.5 Å². The number of hydrogen-bond acceptors (Lipinski definition) is 4. The lowest BCUT2D eigenvalue weighted by Crippen LogP contribution is -2.51. The van der Waals surface area contributed by atoms with E-state index >= 15 is 0 Å². The fourth-order valence-electron chi connectivity index (χ4n) is 1.85. The summed E-state index contributed by atoms with van der Waals surface area (Å²) in [6.07, 6.45) is 0.258. The number of benzene rings is 1. The minimum absolute atomic E-state index is 0.0943. The van der Waals surface area contributed by atoms with Gasteiger partial charge in [-0.15, -0.1) is 0 Å². The molecule has 1 aliphatic heterocycles. The Morgan fingerprint density at radius 3 is 2.74 bits per heavy atom. The van der Waals surface area contributed by atoms with Crippen LogP contribution in [0, 0.1) is 0 Å². The average molecular weight is 264 g/mol. The highest BCUT2D eigenvalue weighted by Gasteiger charge is 2.26. The Labute approximate surface area is 110 Å². The third kappa shape index (κ3) is 2.74. The van der Waals surface area contributed by atoms with Crippen LogP contribution in [0.1, 0.15) is 22.8 Å². The van der Waals surface area contributed by atoms with Gasteiger partial charge in [-0.25, -0.2) is 0 Å². The van der Waals surface area contributed by atoms with E-state index in [4.69, 9.17) is 10.2 Å². The quantitative estimate of drug-likeness (QED) is 0.597. The third-order valence-electron chi connectivity index (χ3n) is 3.11. The van der Waals surface area contributed by atoms with Gasteiger partial charge in [0.15, 0.2) is 0 Å². The van der Waals surface area contributed by atoms with E-state index in [-0.39, 0.29) is 25.5 Å². The van der Waals surface area contributed by atoms with E-state index in [2.05, 4.69) is 10.6 Å². The fraction of sp³-hybridized carbons (Fsp3) is 0.385. The Bertz CT molecular complexity index is 523. The first-order chi connectivity index (χ1) is 8.97. The first kappa shape index (κ1) is 13.5. The number of anilines is 1. The lowest BCUT2D eigenvalue weighted by Gasteiger charge is -2.26. The smallest absolute Gasteiger partial charge is 0.251 e. The molecule has 0 aromatic heterocycles. The van der Waals surface area contributed by atoms with Gasteiger partial charge < -0.3 is 20.8 Å². The number of fused-ring (bicyclic) bond motifs is 1. The molecule has 2 rings (SSSR count). The molecule has 0 atom stereocenters. The summed E-state index contributed by atoms with van der Waals surface area (Å²) in [5.41, 5.74) is 0.814. The van der Waals surface area contributed by atoms with Gasteiger partial charge in [-0.3, -0.25) is 9.59 Å². The Morgan fingerprint density at radius 2 is 2.11 bits per heavy atom. The van der Waals surface area contributed by atoms with Crippen molar-refractivity contribution in [1.82, 2.24) is 5.32 Å². The van der Waals surface area contributed by atoms with Crippen molar-refractivity contribution in [1.29, 1.82) is 0 Å². The van der Waals surface area contributed by atoms with E-state index < -0.39 is 11.4 Å². The van der Waals surface area contributed by atoms with Gasteiger partial charge >= 0.3 is 0 Å². The average Bonchev–Trinajstić information content (AvgIpc) is 2.77. The number of nitrogens with one attached hydrogen (secondary N) is 2. The molecule has 4 N–H and O–H groups in total. The Morgan fingerprint density at radius 1 is 1.42 bits per heavy atom. The minimum Gasteiger partial charge on any atom is -0.394 e. The fourth-order valence-corrected chi connectivity index (χ4v) is 1.85. The summed E-state index contributed by atoms with van der Waals surface area (Å²) >= 11 is 0. The second kappa shape index (κ2) is 4.99. The summed E-state index contributed by atoms with van der Waals surface area (Å²) in [5.74, 6) is -0.490. The number of hydrogen-bond donors (Lipinski definition) is 4. The van der Waals surface area contributed by atoms with Gasteiger partial charge in [0.25, 0.3) is 5.91 Å². The molecule has 0 spiro atoms. The molecule has 19 heavy (non-hydrogen) atoms. The molecule has 102 valence electrons. The maximum absolute atomic E-state index is 12.0. The van der Waals surface area contributed by atoms with Gasteiger partial charge in [0.1, 0.15) is 0 Å². The van der Waals surface area contributed by atoms with Crippen molar-refractivity contribution in [2.24, 2.45) is 0 Å². The van der Waals surface area contributed by atoms with Crippen LogP contribution in [0.15, 0.2) is 18.2 Å². The van der Waals surface area contributed by atoms with E-state index in [1.807, 2.05) is 0 Å². The molecule has 0 saturated heterocycles. The summed E-state index contributed by atoms with van der Waals surface area (Å²) in [5, 5.41) is 23.5. The normalized spacial score (nSPS) is 13.9. The number of amides is 2. The van der Waals surface area contributed by atoms with E-state index in [0.29, 0.717) is 11.3 Å². The zero-order chi connectivity index (χ0) is 14.0. The highest BCUT2D eigenvalue weighted by molar-refractivity contribution is 6.01. The van der Waals surface area contributed by atoms with Crippen LogP contribution in [-0.4, -0.2) is 40.8 Å². The van der Waals surface area contributed by atoms with Crippen molar-refractivity contribution in [2.75, 3.05) is 18.5 Å². The Balaban J connectivity index is 2.17. The molecule has 0 saturated carbocycles. The van der Waals surface area contributed by atoms with Crippen molar-refractivity contribution in [3.05, 3.63) is 29.3 Å². The largest absolute Gasteiger partial charge is 0.394 e. The minimum atomic E-state index is -1.07. The van der Waals surface area contributed by atoms with Crippen LogP contribution in [0.5, 0.6) is 0 Å². The van der Waals surface area contributed by atoms with Crippen LogP contribution in [0.25, 0.3) is 0 Å². The first-order valence-corrected chi connectivity index (χ1v) is 5.94. The van der Waals surface area contributed by atoms with Crippen LogP contribution >= 0.6 is 0 Å². The molecule has 2 amide bonds. The number of rotatable bonds is 4. The summed E-state index contributed by atoms with van der Waals surface area (Å²) in [6.45, 7) is 0.823. The maximum Gasteiger partial charge on any atom is 0.251 e. The van der Waals surface area contributed by atoms with Crippen molar-refractivity contribution < 1.29 is 19.8 Å². The van der Waals surface area contributed by atoms with Gasteiger partial charge in [0.2, 0.25) is 5.91 Å². The first-order valence-electron chi connectivity index (χ1n) is 5.94. The van der Waals surface area contributed by atoms with E-state index in [1.54, 1.807) is 25.1 Å². The van der Waals surface area contributed by atoms with Gasteiger partial charge in [-0.1, -0.05) is 0 Å². The van der Waals surface area contributed by atoms with Crippen LogP contribution in [0.4, 0.5) is 5.69 Å². The summed E-state index contributed by atoms with van der Waals surface area (Å²) in [6, 6.07) is 4.90. The highest BCUT2D eigenvalue weighted by atomic mass is 16.3. The van der Waals surface area contributed by atoms with Crippen LogP contribution in [-0.2, 0) is 11.2 Å². The summed E-state index contributed by atoms with van der Waals surface area (Å²) < 4.78 is 0. The van der Waals surface area contributed by atoms with Crippen molar-refractivity contribution in [2.45, 2.75) is 18.9 Å². The van der Waals surface area contributed by atoms with Crippen molar-refractivity contribution in [3.63, 3.8) is 0 Å². The molecule has 0 unspecified atom stereocenters. The molecule has 1 heterocycles. The number of aliphatic hydroxyl groups excluding tert-OH is 2. The second-order valence-corrected chi connectivity index (χ2v) is 4.93. The number of carbonyl (C=O) groups is 2. The van der Waals surface area contributed by atoms with Gasteiger partial charge in [-0.05, 0) is 30.7 Å².